The van der Waals surface area contributed by atoms with Crippen LogP contribution in [0.2, 0.25) is 0 Å². The average Bonchev–Trinajstić information content (AvgIpc) is 3.22. The van der Waals surface area contributed by atoms with Gasteiger partial charge in [-0.05, 0) is 11.4 Å². The highest BCUT2D eigenvalue weighted by atomic mass is 32.1. The fourth-order valence-corrected chi connectivity index (χ4v) is 2.27. The van der Waals surface area contributed by atoms with Crippen LogP contribution in [-0.4, -0.2) is 48.9 Å². The van der Waals surface area contributed by atoms with Crippen LogP contribution in [0.1, 0.15) is 12.3 Å². The zero-order chi connectivity index (χ0) is 16.5. The van der Waals surface area contributed by atoms with Gasteiger partial charge in [-0.1, -0.05) is 5.16 Å². The minimum Gasteiger partial charge on any atom is -0.456 e. The number of carbonyl (C=O) groups is 2. The number of nitrogens with one attached hydrogen (secondary N) is 1. The first-order valence-electron chi connectivity index (χ1n) is 6.95. The Bertz CT molecular complexity index is 626. The Hall–Kier alpha value is -2.26. The zero-order valence-corrected chi connectivity index (χ0v) is 13.4. The zero-order valence-electron chi connectivity index (χ0n) is 12.6. The lowest BCUT2D eigenvalue weighted by Gasteiger charge is -2.05. The minimum atomic E-state index is -0.498. The van der Waals surface area contributed by atoms with Crippen LogP contribution >= 0.6 is 11.3 Å². The van der Waals surface area contributed by atoms with Crippen molar-refractivity contribution in [2.75, 3.05) is 26.9 Å². The summed E-state index contributed by atoms with van der Waals surface area (Å²) in [6.45, 7) is 0.468. The molecule has 124 valence electrons. The van der Waals surface area contributed by atoms with E-state index in [0.717, 1.165) is 5.56 Å². The van der Waals surface area contributed by atoms with E-state index in [0.29, 0.717) is 24.9 Å². The van der Waals surface area contributed by atoms with Crippen molar-refractivity contribution in [3.05, 3.63) is 22.7 Å². The maximum absolute atomic E-state index is 11.6. The van der Waals surface area contributed by atoms with Crippen molar-refractivity contribution < 1.29 is 23.6 Å². The van der Waals surface area contributed by atoms with E-state index in [4.69, 9.17) is 14.0 Å². The summed E-state index contributed by atoms with van der Waals surface area (Å²) in [6.07, 6.45) is 0.331. The number of methoxy groups -OCH3 is 1. The molecule has 0 radical (unpaired) electrons. The number of thiophene rings is 1. The summed E-state index contributed by atoms with van der Waals surface area (Å²) < 4.78 is 14.7. The predicted octanol–water partition coefficient (Wildman–Crippen LogP) is 1.04. The number of esters is 1. The minimum absolute atomic E-state index is 0.0661. The van der Waals surface area contributed by atoms with Crippen molar-refractivity contribution in [3.63, 3.8) is 0 Å². The number of nitrogens with zero attached hydrogens (tertiary/aromatic N) is 2. The van der Waals surface area contributed by atoms with Crippen molar-refractivity contribution in [2.45, 2.75) is 12.8 Å². The van der Waals surface area contributed by atoms with Gasteiger partial charge in [0.25, 0.3) is 5.91 Å². The standard InChI is InChI=1S/C14H17N3O5S/c1-20-6-5-15-11(18)8-21-13(19)3-2-12-16-14(17-22-12)10-4-7-23-9-10/h4,7,9H,2-3,5-6,8H2,1H3,(H,15,18). The molecule has 2 aromatic heterocycles. The maximum atomic E-state index is 11.6. The molecule has 23 heavy (non-hydrogen) atoms. The molecule has 0 saturated carbocycles. The lowest BCUT2D eigenvalue weighted by atomic mass is 10.3. The van der Waals surface area contributed by atoms with Crippen molar-refractivity contribution in [3.8, 4) is 11.4 Å². The van der Waals surface area contributed by atoms with Crippen LogP contribution < -0.4 is 5.32 Å². The van der Waals surface area contributed by atoms with Gasteiger partial charge in [0.05, 0.1) is 13.0 Å². The normalized spacial score (nSPS) is 10.5. The quantitative estimate of drug-likeness (QED) is 0.537. The first kappa shape index (κ1) is 17.1. The largest absolute Gasteiger partial charge is 0.456 e. The fraction of sp³-hybridized carbons (Fsp3) is 0.429. The van der Waals surface area contributed by atoms with Crippen molar-refractivity contribution >= 4 is 23.2 Å². The SMILES string of the molecule is COCCNC(=O)COC(=O)CCc1nc(-c2ccsc2)no1. The van der Waals surface area contributed by atoms with E-state index in [2.05, 4.69) is 15.5 Å². The Kier molecular flexibility index (Phi) is 6.70. The summed E-state index contributed by atoms with van der Waals surface area (Å²) in [5.74, 6) is -0.0186. The van der Waals surface area contributed by atoms with Crippen LogP contribution in [-0.2, 0) is 25.5 Å². The van der Waals surface area contributed by atoms with Gasteiger partial charge in [0.2, 0.25) is 11.7 Å². The van der Waals surface area contributed by atoms with Crippen LogP contribution in [0, 0.1) is 0 Å². The Morgan fingerprint density at radius 2 is 2.30 bits per heavy atom. The highest BCUT2D eigenvalue weighted by Gasteiger charge is 2.12. The Morgan fingerprint density at radius 3 is 3.04 bits per heavy atom. The molecule has 2 aromatic rings. The van der Waals surface area contributed by atoms with Gasteiger partial charge in [-0.15, -0.1) is 0 Å². The second-order valence-corrected chi connectivity index (χ2v) is 5.31. The first-order valence-corrected chi connectivity index (χ1v) is 7.89. The van der Waals surface area contributed by atoms with Gasteiger partial charge in [-0.3, -0.25) is 9.59 Å². The van der Waals surface area contributed by atoms with Crippen LogP contribution in [0.25, 0.3) is 11.4 Å². The number of rotatable bonds is 9. The molecule has 0 bridgehead atoms. The van der Waals surface area contributed by atoms with E-state index < -0.39 is 5.97 Å². The smallest absolute Gasteiger partial charge is 0.306 e. The third-order valence-electron chi connectivity index (χ3n) is 2.78. The molecular weight excluding hydrogens is 322 g/mol. The number of hydrogen-bond donors (Lipinski definition) is 1. The molecule has 0 aliphatic rings. The molecular formula is C14H17N3O5S. The lowest BCUT2D eigenvalue weighted by molar-refractivity contribution is -0.148. The van der Waals surface area contributed by atoms with Gasteiger partial charge >= 0.3 is 5.97 Å². The summed E-state index contributed by atoms with van der Waals surface area (Å²) in [7, 11) is 1.54. The summed E-state index contributed by atoms with van der Waals surface area (Å²) in [5, 5.41) is 10.2. The van der Waals surface area contributed by atoms with E-state index in [1.807, 2.05) is 16.8 Å². The van der Waals surface area contributed by atoms with E-state index in [1.54, 1.807) is 0 Å². The molecule has 0 atom stereocenters. The van der Waals surface area contributed by atoms with Crippen molar-refractivity contribution in [2.24, 2.45) is 0 Å². The molecule has 8 nitrogen and oxygen atoms in total. The molecule has 1 N–H and O–H groups in total. The topological polar surface area (TPSA) is 104 Å². The maximum Gasteiger partial charge on any atom is 0.306 e. The van der Waals surface area contributed by atoms with Gasteiger partial charge < -0.3 is 19.3 Å². The molecule has 0 saturated heterocycles. The van der Waals surface area contributed by atoms with Gasteiger partial charge in [-0.2, -0.15) is 16.3 Å². The van der Waals surface area contributed by atoms with E-state index in [-0.39, 0.29) is 25.4 Å². The number of ether oxygens (including phenoxy) is 2. The Labute approximate surface area is 136 Å². The molecule has 2 rings (SSSR count). The second-order valence-electron chi connectivity index (χ2n) is 4.53. The van der Waals surface area contributed by atoms with Gasteiger partial charge in [0.15, 0.2) is 6.61 Å². The molecule has 0 aliphatic heterocycles. The number of aryl methyl sites for hydroxylation is 1. The summed E-state index contributed by atoms with van der Waals surface area (Å²) in [6, 6.07) is 1.88. The lowest BCUT2D eigenvalue weighted by Crippen LogP contribution is -2.31. The van der Waals surface area contributed by atoms with Crippen LogP contribution in [0.5, 0.6) is 0 Å². The van der Waals surface area contributed by atoms with E-state index in [1.165, 1.54) is 18.4 Å². The molecule has 9 heteroatoms. The van der Waals surface area contributed by atoms with Crippen LogP contribution in [0.4, 0.5) is 0 Å². The first-order chi connectivity index (χ1) is 11.2. The number of aromatic nitrogens is 2. The fourth-order valence-electron chi connectivity index (χ4n) is 1.64. The third kappa shape index (κ3) is 5.80. The predicted molar refractivity (Wildman–Crippen MR) is 81.8 cm³/mol. The molecule has 0 fully saturated rings. The van der Waals surface area contributed by atoms with E-state index >= 15 is 0 Å². The molecule has 1 amide bonds. The van der Waals surface area contributed by atoms with Gasteiger partial charge in [0, 0.05) is 31.0 Å². The molecule has 0 unspecified atom stereocenters. The number of amides is 1. The average molecular weight is 339 g/mol. The second kappa shape index (κ2) is 9.01. The molecule has 0 aromatic carbocycles. The molecule has 2 heterocycles. The van der Waals surface area contributed by atoms with Gasteiger partial charge in [-0.25, -0.2) is 0 Å². The van der Waals surface area contributed by atoms with Crippen LogP contribution in [0.3, 0.4) is 0 Å². The van der Waals surface area contributed by atoms with E-state index in [9.17, 15) is 9.59 Å². The Morgan fingerprint density at radius 1 is 1.43 bits per heavy atom. The summed E-state index contributed by atoms with van der Waals surface area (Å²) >= 11 is 1.54. The van der Waals surface area contributed by atoms with Crippen molar-refractivity contribution in [1.82, 2.24) is 15.5 Å². The monoisotopic (exact) mass is 339 g/mol. The molecule has 0 aliphatic carbocycles. The van der Waals surface area contributed by atoms with Crippen molar-refractivity contribution in [1.29, 1.82) is 0 Å². The highest BCUT2D eigenvalue weighted by Crippen LogP contribution is 2.18. The number of carbonyl (C=O) groups excluding carboxylic acids is 2. The number of hydrogen-bond acceptors (Lipinski definition) is 8. The van der Waals surface area contributed by atoms with Gasteiger partial charge in [0.1, 0.15) is 0 Å². The van der Waals surface area contributed by atoms with Crippen LogP contribution in [0.15, 0.2) is 21.3 Å². The summed E-state index contributed by atoms with van der Waals surface area (Å²) in [4.78, 5) is 27.1. The Balaban J connectivity index is 1.67. The third-order valence-corrected chi connectivity index (χ3v) is 3.47. The highest BCUT2D eigenvalue weighted by molar-refractivity contribution is 7.08. The molecule has 0 spiro atoms. The summed E-state index contributed by atoms with van der Waals surface area (Å²) in [5.41, 5.74) is 0.875.